The molecule has 6 nitrogen and oxygen atoms in total. The van der Waals surface area contributed by atoms with Gasteiger partial charge in [-0.05, 0) is 61.5 Å². The number of anilines is 1. The van der Waals surface area contributed by atoms with Crippen molar-refractivity contribution in [2.24, 2.45) is 0 Å². The van der Waals surface area contributed by atoms with Gasteiger partial charge in [-0.25, -0.2) is 13.8 Å². The van der Waals surface area contributed by atoms with Crippen molar-refractivity contribution in [1.29, 1.82) is 0 Å². The summed E-state index contributed by atoms with van der Waals surface area (Å²) in [6, 6.07) is 11.5. The van der Waals surface area contributed by atoms with E-state index in [4.69, 9.17) is 23.2 Å². The lowest BCUT2D eigenvalue weighted by molar-refractivity contribution is 0.0955. The van der Waals surface area contributed by atoms with E-state index in [9.17, 15) is 18.4 Å². The molecule has 5 rings (SSSR count). The predicted molar refractivity (Wildman–Crippen MR) is 132 cm³/mol. The zero-order chi connectivity index (χ0) is 25.6. The fraction of sp³-hybridized carbons (Fsp3) is 0.0769. The van der Waals surface area contributed by atoms with Gasteiger partial charge in [0.25, 0.3) is 11.8 Å². The van der Waals surface area contributed by atoms with Crippen molar-refractivity contribution in [3.8, 4) is 11.3 Å². The van der Waals surface area contributed by atoms with Crippen molar-refractivity contribution in [2.75, 3.05) is 5.32 Å². The maximum absolute atomic E-state index is 14.1. The summed E-state index contributed by atoms with van der Waals surface area (Å²) in [5.41, 5.74) is 2.57. The number of rotatable bonds is 4. The van der Waals surface area contributed by atoms with Crippen LogP contribution in [0.2, 0.25) is 10.0 Å². The second-order valence-electron chi connectivity index (χ2n) is 8.19. The van der Waals surface area contributed by atoms with Crippen molar-refractivity contribution >= 4 is 40.7 Å². The van der Waals surface area contributed by atoms with E-state index in [1.54, 1.807) is 24.4 Å². The number of halogens is 4. The maximum Gasteiger partial charge on any atom is 0.271 e. The van der Waals surface area contributed by atoms with Crippen LogP contribution in [0.5, 0.6) is 0 Å². The van der Waals surface area contributed by atoms with Gasteiger partial charge in [-0.1, -0.05) is 23.2 Å². The van der Waals surface area contributed by atoms with Crippen LogP contribution in [0.3, 0.4) is 0 Å². The van der Waals surface area contributed by atoms with Gasteiger partial charge in [-0.2, -0.15) is 0 Å². The minimum atomic E-state index is -0.889. The van der Waals surface area contributed by atoms with Crippen molar-refractivity contribution in [3.05, 3.63) is 111 Å². The number of carbonyl (C=O) groups excluding carboxylic acids is 2. The van der Waals surface area contributed by atoms with Gasteiger partial charge in [0.1, 0.15) is 17.3 Å². The molecule has 2 N–H and O–H groups in total. The maximum atomic E-state index is 14.1. The van der Waals surface area contributed by atoms with Gasteiger partial charge in [-0.15, -0.1) is 0 Å². The smallest absolute Gasteiger partial charge is 0.271 e. The molecule has 3 heterocycles. The van der Waals surface area contributed by atoms with Gasteiger partial charge in [0.2, 0.25) is 0 Å². The number of aromatic nitrogens is 2. The molecule has 0 radical (unpaired) electrons. The second-order valence-corrected chi connectivity index (χ2v) is 9.03. The van der Waals surface area contributed by atoms with Gasteiger partial charge < -0.3 is 10.6 Å². The minimum Gasteiger partial charge on any atom is -0.340 e. The molecular weight excluding hydrogens is 509 g/mol. The van der Waals surface area contributed by atoms with Gasteiger partial charge >= 0.3 is 0 Å². The number of pyridine rings is 2. The normalized spacial score (nSPS) is 14.4. The standard InChI is InChI=1S/C26H16Cl2F2N4O2/c1-12-2-3-13(11-31-12)20-10-21(33-25(35)14-6-15(27)8-17(30)7-14)22-23(34-26(36)24(22)32-20)18-9-16(29)4-5-19(18)28/h2-11,23H,1H3,(H,34,36)(H,32,33,35). The first-order valence-corrected chi connectivity index (χ1v) is 11.5. The van der Waals surface area contributed by atoms with Crippen LogP contribution in [-0.4, -0.2) is 21.8 Å². The highest BCUT2D eigenvalue weighted by molar-refractivity contribution is 6.31. The van der Waals surface area contributed by atoms with Crippen molar-refractivity contribution in [2.45, 2.75) is 13.0 Å². The van der Waals surface area contributed by atoms with Crippen LogP contribution >= 0.6 is 23.2 Å². The number of hydrogen-bond donors (Lipinski definition) is 2. The second kappa shape index (κ2) is 9.29. The molecular formula is C26H16Cl2F2N4O2. The molecule has 1 aliphatic rings. The third kappa shape index (κ3) is 4.53. The molecule has 2 amide bonds. The van der Waals surface area contributed by atoms with Crippen LogP contribution in [0.4, 0.5) is 14.5 Å². The van der Waals surface area contributed by atoms with Gasteiger partial charge in [-0.3, -0.25) is 14.6 Å². The largest absolute Gasteiger partial charge is 0.340 e. The first kappa shape index (κ1) is 23.8. The number of aryl methyl sites for hydroxylation is 1. The first-order valence-electron chi connectivity index (χ1n) is 10.7. The Morgan fingerprint density at radius 1 is 1.03 bits per heavy atom. The van der Waals surface area contributed by atoms with Crippen LogP contribution in [0.1, 0.15) is 43.7 Å². The van der Waals surface area contributed by atoms with Crippen LogP contribution < -0.4 is 10.6 Å². The number of fused-ring (bicyclic) bond motifs is 1. The summed E-state index contributed by atoms with van der Waals surface area (Å²) in [5, 5.41) is 5.76. The molecule has 0 saturated heterocycles. The van der Waals surface area contributed by atoms with Gasteiger partial charge in [0.05, 0.1) is 17.4 Å². The minimum absolute atomic E-state index is 0.0262. The average Bonchev–Trinajstić information content (AvgIpc) is 3.17. The number of benzene rings is 2. The molecule has 2 aromatic carbocycles. The number of hydrogen-bond acceptors (Lipinski definition) is 4. The Hall–Kier alpha value is -3.88. The molecule has 36 heavy (non-hydrogen) atoms. The molecule has 4 aromatic rings. The highest BCUT2D eigenvalue weighted by Gasteiger charge is 2.36. The molecule has 10 heteroatoms. The molecule has 0 aliphatic carbocycles. The molecule has 0 fully saturated rings. The van der Waals surface area contributed by atoms with E-state index in [1.165, 1.54) is 24.3 Å². The Kier molecular flexibility index (Phi) is 6.15. The SMILES string of the molecule is Cc1ccc(-c2cc(NC(=O)c3cc(F)cc(Cl)c3)c3c(n2)C(=O)NC3c2cc(F)ccc2Cl)cn1. The van der Waals surface area contributed by atoms with Gasteiger partial charge in [0.15, 0.2) is 0 Å². The first-order chi connectivity index (χ1) is 17.2. The lowest BCUT2D eigenvalue weighted by Gasteiger charge is -2.18. The summed E-state index contributed by atoms with van der Waals surface area (Å²) >= 11 is 12.3. The molecule has 180 valence electrons. The van der Waals surface area contributed by atoms with E-state index in [0.717, 1.165) is 17.8 Å². The third-order valence-electron chi connectivity index (χ3n) is 5.69. The van der Waals surface area contributed by atoms with Crippen LogP contribution in [0.25, 0.3) is 11.3 Å². The number of nitrogens with one attached hydrogen (secondary N) is 2. The Morgan fingerprint density at radius 3 is 2.56 bits per heavy atom. The lowest BCUT2D eigenvalue weighted by atomic mass is 9.97. The fourth-order valence-electron chi connectivity index (χ4n) is 4.01. The van der Waals surface area contributed by atoms with Crippen LogP contribution in [0.15, 0.2) is 60.8 Å². The molecule has 2 aromatic heterocycles. The van der Waals surface area contributed by atoms with Crippen molar-refractivity contribution in [3.63, 3.8) is 0 Å². The lowest BCUT2D eigenvalue weighted by Crippen LogP contribution is -2.21. The molecule has 1 unspecified atom stereocenters. The summed E-state index contributed by atoms with van der Waals surface area (Å²) in [7, 11) is 0. The topological polar surface area (TPSA) is 84.0 Å². The fourth-order valence-corrected chi connectivity index (χ4v) is 4.46. The predicted octanol–water partition coefficient (Wildman–Crippen LogP) is 6.12. The van der Waals surface area contributed by atoms with Gasteiger partial charge in [0, 0.05) is 44.2 Å². The highest BCUT2D eigenvalue weighted by Crippen LogP contribution is 2.40. The summed E-state index contributed by atoms with van der Waals surface area (Å²) in [4.78, 5) is 34.8. The Bertz CT molecular complexity index is 1520. The number of carbonyl (C=O) groups is 2. The van der Waals surface area contributed by atoms with E-state index in [1.807, 2.05) is 6.92 Å². The van der Waals surface area contributed by atoms with E-state index < -0.39 is 29.5 Å². The summed E-state index contributed by atoms with van der Waals surface area (Å²) < 4.78 is 28.0. The Morgan fingerprint density at radius 2 is 1.83 bits per heavy atom. The average molecular weight is 525 g/mol. The summed E-state index contributed by atoms with van der Waals surface area (Å²) in [6.45, 7) is 1.83. The highest BCUT2D eigenvalue weighted by atomic mass is 35.5. The molecule has 1 atom stereocenters. The van der Waals surface area contributed by atoms with Crippen molar-refractivity contribution < 1.29 is 18.4 Å². The van der Waals surface area contributed by atoms with E-state index in [2.05, 4.69) is 20.6 Å². The molecule has 0 saturated carbocycles. The summed E-state index contributed by atoms with van der Waals surface area (Å²) in [6.07, 6.45) is 1.59. The van der Waals surface area contributed by atoms with Crippen molar-refractivity contribution in [1.82, 2.24) is 15.3 Å². The monoisotopic (exact) mass is 524 g/mol. The Balaban J connectivity index is 1.67. The van der Waals surface area contributed by atoms with E-state index >= 15 is 0 Å². The quantitative estimate of drug-likeness (QED) is 0.336. The number of amides is 2. The molecule has 0 bridgehead atoms. The molecule has 1 aliphatic heterocycles. The number of nitrogens with zero attached hydrogens (tertiary/aromatic N) is 2. The molecule has 0 spiro atoms. The zero-order valence-corrected chi connectivity index (χ0v) is 20.1. The van der Waals surface area contributed by atoms with Crippen LogP contribution in [0, 0.1) is 18.6 Å². The zero-order valence-electron chi connectivity index (χ0n) is 18.6. The van der Waals surface area contributed by atoms with Crippen LogP contribution in [-0.2, 0) is 0 Å². The summed E-state index contributed by atoms with van der Waals surface area (Å²) in [5.74, 6) is -2.42. The Labute approximate surface area is 214 Å². The van der Waals surface area contributed by atoms with E-state index in [-0.39, 0.29) is 27.0 Å². The van der Waals surface area contributed by atoms with E-state index in [0.29, 0.717) is 22.4 Å². The third-order valence-corrected chi connectivity index (χ3v) is 6.25.